The first-order chi connectivity index (χ1) is 7.77. The monoisotopic (exact) mass is 220 g/mol. The van der Waals surface area contributed by atoms with E-state index in [4.69, 9.17) is 5.11 Å². The fourth-order valence-electron chi connectivity index (χ4n) is 2.31. The molecular formula is C12H16N2O2. The Morgan fingerprint density at radius 2 is 2.44 bits per heavy atom. The zero-order chi connectivity index (χ0) is 11.4. The second-order valence-corrected chi connectivity index (χ2v) is 4.19. The number of carboxylic acid groups (broad SMARTS) is 1. The predicted octanol–water partition coefficient (Wildman–Crippen LogP) is 1.60. The van der Waals surface area contributed by atoms with E-state index >= 15 is 0 Å². The highest BCUT2D eigenvalue weighted by Gasteiger charge is 2.28. The van der Waals surface area contributed by atoms with E-state index in [-0.39, 0.29) is 18.4 Å². The molecule has 1 aliphatic heterocycles. The van der Waals surface area contributed by atoms with E-state index in [0.29, 0.717) is 0 Å². The van der Waals surface area contributed by atoms with E-state index < -0.39 is 5.97 Å². The average molecular weight is 220 g/mol. The first kappa shape index (κ1) is 11.1. The number of pyridine rings is 1. The van der Waals surface area contributed by atoms with Gasteiger partial charge >= 0.3 is 5.97 Å². The molecule has 1 fully saturated rings. The first-order valence-corrected chi connectivity index (χ1v) is 5.63. The second-order valence-electron chi connectivity index (χ2n) is 4.19. The maximum absolute atomic E-state index is 10.8. The molecule has 16 heavy (non-hydrogen) atoms. The second kappa shape index (κ2) is 5.07. The van der Waals surface area contributed by atoms with Crippen LogP contribution >= 0.6 is 0 Å². The van der Waals surface area contributed by atoms with E-state index in [1.807, 2.05) is 18.2 Å². The fraction of sp³-hybridized carbons (Fsp3) is 0.500. The number of rotatable bonds is 3. The smallest absolute Gasteiger partial charge is 0.303 e. The Morgan fingerprint density at radius 3 is 3.12 bits per heavy atom. The lowest BCUT2D eigenvalue weighted by Gasteiger charge is -2.31. The molecule has 4 nitrogen and oxygen atoms in total. The molecule has 1 aromatic rings. The minimum atomic E-state index is -0.727. The zero-order valence-corrected chi connectivity index (χ0v) is 9.10. The number of hydrogen-bond donors (Lipinski definition) is 2. The SMILES string of the molecule is O=C(O)C[C@H]1CCCN[C@@H]1c1ccccn1. The normalized spacial score (nSPS) is 25.2. The van der Waals surface area contributed by atoms with Crippen molar-refractivity contribution in [3.8, 4) is 0 Å². The summed E-state index contributed by atoms with van der Waals surface area (Å²) in [4.78, 5) is 15.1. The molecule has 2 heterocycles. The number of nitrogens with zero attached hydrogens (tertiary/aromatic N) is 1. The van der Waals surface area contributed by atoms with Gasteiger partial charge in [-0.3, -0.25) is 9.78 Å². The molecule has 2 atom stereocenters. The molecule has 86 valence electrons. The predicted molar refractivity (Wildman–Crippen MR) is 60.0 cm³/mol. The number of carboxylic acids is 1. The van der Waals surface area contributed by atoms with Gasteiger partial charge in [0.05, 0.1) is 18.2 Å². The molecular weight excluding hydrogens is 204 g/mol. The molecule has 1 aromatic heterocycles. The van der Waals surface area contributed by atoms with Crippen LogP contribution < -0.4 is 5.32 Å². The first-order valence-electron chi connectivity index (χ1n) is 5.63. The summed E-state index contributed by atoms with van der Waals surface area (Å²) >= 11 is 0. The van der Waals surface area contributed by atoms with Crippen molar-refractivity contribution in [2.45, 2.75) is 25.3 Å². The fourth-order valence-corrected chi connectivity index (χ4v) is 2.31. The quantitative estimate of drug-likeness (QED) is 0.812. The van der Waals surface area contributed by atoms with Gasteiger partial charge in [0.25, 0.3) is 0 Å². The van der Waals surface area contributed by atoms with E-state index in [1.54, 1.807) is 6.20 Å². The van der Waals surface area contributed by atoms with Crippen LogP contribution in [0, 0.1) is 5.92 Å². The number of nitrogens with one attached hydrogen (secondary N) is 1. The van der Waals surface area contributed by atoms with E-state index in [1.165, 1.54) is 0 Å². The molecule has 0 saturated carbocycles. The topological polar surface area (TPSA) is 62.2 Å². The van der Waals surface area contributed by atoms with Gasteiger partial charge in [-0.15, -0.1) is 0 Å². The van der Waals surface area contributed by atoms with Gasteiger partial charge in [0, 0.05) is 6.20 Å². The lowest BCUT2D eigenvalue weighted by Crippen LogP contribution is -2.35. The third-order valence-corrected chi connectivity index (χ3v) is 3.03. The summed E-state index contributed by atoms with van der Waals surface area (Å²) in [5.41, 5.74) is 0.952. The molecule has 0 spiro atoms. The molecule has 0 unspecified atom stereocenters. The van der Waals surface area contributed by atoms with Crippen LogP contribution in [0.25, 0.3) is 0 Å². The Balaban J connectivity index is 2.13. The van der Waals surface area contributed by atoms with Crippen LogP contribution in [-0.2, 0) is 4.79 Å². The van der Waals surface area contributed by atoms with Gasteiger partial charge in [0.15, 0.2) is 0 Å². The van der Waals surface area contributed by atoms with Crippen LogP contribution in [0.2, 0.25) is 0 Å². The standard InChI is InChI=1S/C12H16N2O2/c15-11(16)8-9-4-3-7-14-12(9)10-5-1-2-6-13-10/h1-2,5-6,9,12,14H,3-4,7-8H2,(H,15,16)/t9-,12+/m1/s1. The Kier molecular flexibility index (Phi) is 3.51. The average Bonchev–Trinajstić information content (AvgIpc) is 2.30. The number of aromatic nitrogens is 1. The molecule has 1 aliphatic rings. The van der Waals surface area contributed by atoms with Crippen LogP contribution in [0.15, 0.2) is 24.4 Å². The number of hydrogen-bond acceptors (Lipinski definition) is 3. The summed E-state index contributed by atoms with van der Waals surface area (Å²) < 4.78 is 0. The van der Waals surface area contributed by atoms with E-state index in [2.05, 4.69) is 10.3 Å². The summed E-state index contributed by atoms with van der Waals surface area (Å²) in [6.07, 6.45) is 3.97. The van der Waals surface area contributed by atoms with Crippen molar-refractivity contribution in [3.63, 3.8) is 0 Å². The summed E-state index contributed by atoms with van der Waals surface area (Å²) in [5, 5.41) is 12.2. The van der Waals surface area contributed by atoms with Gasteiger partial charge in [0.2, 0.25) is 0 Å². The van der Waals surface area contributed by atoms with Crippen molar-refractivity contribution in [1.29, 1.82) is 0 Å². The lowest BCUT2D eigenvalue weighted by molar-refractivity contribution is -0.138. The minimum absolute atomic E-state index is 0.0889. The number of carbonyl (C=O) groups is 1. The van der Waals surface area contributed by atoms with Crippen molar-refractivity contribution in [2.24, 2.45) is 5.92 Å². The van der Waals surface area contributed by atoms with Crippen molar-refractivity contribution >= 4 is 5.97 Å². The van der Waals surface area contributed by atoms with Gasteiger partial charge in [-0.25, -0.2) is 0 Å². The molecule has 0 aliphatic carbocycles. The molecule has 2 rings (SSSR count). The van der Waals surface area contributed by atoms with E-state index in [9.17, 15) is 4.79 Å². The van der Waals surface area contributed by atoms with E-state index in [0.717, 1.165) is 25.1 Å². The summed E-state index contributed by atoms with van der Waals surface area (Å²) in [7, 11) is 0. The highest BCUT2D eigenvalue weighted by atomic mass is 16.4. The van der Waals surface area contributed by atoms with Gasteiger partial charge in [-0.2, -0.15) is 0 Å². The summed E-state index contributed by atoms with van der Waals surface area (Å²) in [5.74, 6) is -0.573. The van der Waals surface area contributed by atoms with Crippen molar-refractivity contribution in [3.05, 3.63) is 30.1 Å². The lowest BCUT2D eigenvalue weighted by atomic mass is 9.86. The van der Waals surface area contributed by atoms with Gasteiger partial charge in [-0.05, 0) is 37.4 Å². The highest BCUT2D eigenvalue weighted by Crippen LogP contribution is 2.30. The Hall–Kier alpha value is -1.42. The van der Waals surface area contributed by atoms with Crippen molar-refractivity contribution < 1.29 is 9.90 Å². The minimum Gasteiger partial charge on any atom is -0.481 e. The van der Waals surface area contributed by atoms with Crippen LogP contribution in [0.5, 0.6) is 0 Å². The molecule has 0 radical (unpaired) electrons. The number of piperidine rings is 1. The highest BCUT2D eigenvalue weighted by molar-refractivity contribution is 5.67. The Labute approximate surface area is 94.7 Å². The van der Waals surface area contributed by atoms with Crippen LogP contribution in [0.1, 0.15) is 31.0 Å². The third-order valence-electron chi connectivity index (χ3n) is 3.03. The van der Waals surface area contributed by atoms with Gasteiger partial charge in [-0.1, -0.05) is 6.07 Å². The maximum atomic E-state index is 10.8. The molecule has 0 aromatic carbocycles. The molecule has 4 heteroatoms. The zero-order valence-electron chi connectivity index (χ0n) is 9.10. The number of aliphatic carboxylic acids is 1. The summed E-state index contributed by atoms with van der Waals surface area (Å²) in [6.45, 7) is 0.942. The molecule has 0 bridgehead atoms. The Bertz CT molecular complexity index is 353. The van der Waals surface area contributed by atoms with Crippen LogP contribution in [-0.4, -0.2) is 22.6 Å². The van der Waals surface area contributed by atoms with Gasteiger partial charge < -0.3 is 10.4 Å². The van der Waals surface area contributed by atoms with Crippen molar-refractivity contribution in [1.82, 2.24) is 10.3 Å². The van der Waals surface area contributed by atoms with Crippen molar-refractivity contribution in [2.75, 3.05) is 6.54 Å². The maximum Gasteiger partial charge on any atom is 0.303 e. The molecule has 0 amide bonds. The third kappa shape index (κ3) is 2.58. The van der Waals surface area contributed by atoms with Crippen LogP contribution in [0.3, 0.4) is 0 Å². The van der Waals surface area contributed by atoms with Gasteiger partial charge in [0.1, 0.15) is 0 Å². The summed E-state index contributed by atoms with van der Waals surface area (Å²) in [6, 6.07) is 5.86. The van der Waals surface area contributed by atoms with Crippen LogP contribution in [0.4, 0.5) is 0 Å². The largest absolute Gasteiger partial charge is 0.481 e. The molecule has 1 saturated heterocycles. The Morgan fingerprint density at radius 1 is 1.56 bits per heavy atom. The molecule has 2 N–H and O–H groups in total.